The molecule has 0 fully saturated rings. The number of phenols is 1. The number of nitro benzene ring substituents is 1. The van der Waals surface area contributed by atoms with Gasteiger partial charge in [-0.15, -0.1) is 0 Å². The molecule has 4 aromatic rings. The zero-order chi connectivity index (χ0) is 45.7. The van der Waals surface area contributed by atoms with Crippen molar-refractivity contribution >= 4 is 63.9 Å². The van der Waals surface area contributed by atoms with Gasteiger partial charge in [0, 0.05) is 36.0 Å². The summed E-state index contributed by atoms with van der Waals surface area (Å²) >= 11 is 0. The van der Waals surface area contributed by atoms with Crippen molar-refractivity contribution < 1.29 is 63.3 Å². The van der Waals surface area contributed by atoms with Gasteiger partial charge in [0.05, 0.1) is 23.3 Å². The van der Waals surface area contributed by atoms with Gasteiger partial charge in [-0.3, -0.25) is 43.7 Å². The summed E-state index contributed by atoms with van der Waals surface area (Å²) in [6, 6.07) is 9.29. The fourth-order valence-electron chi connectivity index (χ4n) is 6.56. The molecule has 3 aromatic carbocycles. The number of phenolic OH excluding ortho intramolecular Hbond substituents is 1. The maximum Gasteiger partial charge on any atom is 0.339 e. The molecule has 0 saturated carbocycles. The second-order valence-electron chi connectivity index (χ2n) is 14.4. The topological polar surface area (TPSA) is 314 Å². The van der Waals surface area contributed by atoms with Crippen molar-refractivity contribution in [1.82, 2.24) is 26.3 Å². The molecule has 0 bridgehead atoms. The number of aromatic nitrogens is 1. The van der Waals surface area contributed by atoms with Crippen molar-refractivity contribution in [2.75, 3.05) is 6.61 Å². The molecule has 62 heavy (non-hydrogen) atoms. The largest absolute Gasteiger partial charge is 0.502 e. The van der Waals surface area contributed by atoms with Crippen molar-refractivity contribution in [2.45, 2.75) is 83.5 Å². The number of carbonyl (C=O) groups excluding carboxylic acids is 6. The summed E-state index contributed by atoms with van der Waals surface area (Å²) in [6.45, 7) is 3.92. The Hall–Kier alpha value is -7.64. The number of aromatic amines is 1. The average molecular weight is 859 g/mol. The molecule has 0 spiro atoms. The third kappa shape index (κ3) is 12.9. The number of H-pyrrole nitrogens is 1. The number of ether oxygens (including phenoxy) is 1. The van der Waals surface area contributed by atoms with Crippen LogP contribution in [0.2, 0.25) is 0 Å². The van der Waals surface area contributed by atoms with E-state index in [0.29, 0.717) is 27.6 Å². The molecule has 1 aromatic heterocycles. The smallest absolute Gasteiger partial charge is 0.339 e. The minimum absolute atomic E-state index is 0.124. The highest BCUT2D eigenvalue weighted by Gasteiger charge is 2.33. The Labute approximate surface area is 353 Å². The number of carboxylic acid groups (broad SMARTS) is 2. The summed E-state index contributed by atoms with van der Waals surface area (Å²) in [6.07, 6.45) is -1.14. The maximum atomic E-state index is 14.0. The van der Waals surface area contributed by atoms with Crippen LogP contribution in [0.15, 0.2) is 66.9 Å². The summed E-state index contributed by atoms with van der Waals surface area (Å²) < 4.78 is 5.15. The number of ketones is 1. The maximum absolute atomic E-state index is 14.0. The van der Waals surface area contributed by atoms with Gasteiger partial charge in [0.25, 0.3) is 0 Å². The fourth-order valence-corrected chi connectivity index (χ4v) is 6.56. The van der Waals surface area contributed by atoms with Crippen molar-refractivity contribution in [3.05, 3.63) is 105 Å². The third-order valence-corrected chi connectivity index (χ3v) is 9.79. The monoisotopic (exact) mass is 858 g/mol. The summed E-state index contributed by atoms with van der Waals surface area (Å²) in [5.41, 5.74) is 2.13. The molecule has 4 amide bonds. The number of nitro groups is 1. The molecule has 8 N–H and O–H groups in total. The standard InChI is InChI=1S/C42H46N6O14/c1-4-27(39(56)47-30(19-37(54)55)34(50)21-62-42(59)38-22(2)8-7-9-23(38)3)45-40(57)29(13-15-36(52)53)46-41(58)31(18-25-20-43-28-11-6-5-10-26(25)28)44-35(51)17-24-12-14-33(49)32(16-24)48(60)61/h5-12,14,16,20,27,29-31,43,49H,4,13,15,17-19,21H2,1-3H3,(H,44,51)(H,45,57)(H,46,58)(H,47,56)(H,52,53)(H,54,55)/t27-,29-,30-,31-/m0/s1. The SMILES string of the molecule is CC[C@H](NC(=O)[C@H](CCC(=O)O)NC(=O)[C@H](Cc1c[nH]c2ccccc12)NC(=O)Cc1ccc(O)c([N+](=O)[O-])c1)C(=O)N[C@@H](CC(=O)O)C(=O)COC(=O)c1c(C)cccc1C. The molecule has 4 rings (SSSR count). The fraction of sp³-hybridized carbons (Fsp3) is 0.333. The number of rotatable bonds is 22. The Morgan fingerprint density at radius 2 is 1.42 bits per heavy atom. The van der Waals surface area contributed by atoms with Gasteiger partial charge in [0.1, 0.15) is 24.2 Å². The van der Waals surface area contributed by atoms with E-state index in [1.54, 1.807) is 62.5 Å². The van der Waals surface area contributed by atoms with Gasteiger partial charge in [-0.1, -0.05) is 49.4 Å². The van der Waals surface area contributed by atoms with E-state index >= 15 is 0 Å². The van der Waals surface area contributed by atoms with E-state index in [0.717, 1.165) is 12.1 Å². The normalized spacial score (nSPS) is 12.8. The van der Waals surface area contributed by atoms with Crippen molar-refractivity contribution in [1.29, 1.82) is 0 Å². The molecule has 0 aliphatic carbocycles. The lowest BCUT2D eigenvalue weighted by molar-refractivity contribution is -0.385. The van der Waals surface area contributed by atoms with Gasteiger partial charge in [-0.2, -0.15) is 0 Å². The van der Waals surface area contributed by atoms with Crippen LogP contribution >= 0.6 is 0 Å². The Balaban J connectivity index is 1.51. The molecule has 0 aliphatic rings. The van der Waals surface area contributed by atoms with Crippen molar-refractivity contribution in [2.24, 2.45) is 0 Å². The average Bonchev–Trinajstić information content (AvgIpc) is 3.62. The molecule has 4 atom stereocenters. The lowest BCUT2D eigenvalue weighted by atomic mass is 10.0. The third-order valence-electron chi connectivity index (χ3n) is 9.79. The quantitative estimate of drug-likeness (QED) is 0.0320. The van der Waals surface area contributed by atoms with E-state index in [1.807, 2.05) is 0 Å². The molecule has 328 valence electrons. The van der Waals surface area contributed by atoms with E-state index in [4.69, 9.17) is 4.74 Å². The van der Waals surface area contributed by atoms with Crippen LogP contribution in [0.3, 0.4) is 0 Å². The first-order chi connectivity index (χ1) is 29.4. The van der Waals surface area contributed by atoms with Crippen LogP contribution in [0.4, 0.5) is 5.69 Å². The molecule has 20 heteroatoms. The number of aryl methyl sites for hydroxylation is 2. The van der Waals surface area contributed by atoms with Crippen LogP contribution < -0.4 is 21.3 Å². The first-order valence-corrected chi connectivity index (χ1v) is 19.3. The Morgan fingerprint density at radius 1 is 0.790 bits per heavy atom. The Bertz CT molecular complexity index is 2360. The van der Waals surface area contributed by atoms with Gasteiger partial charge < -0.3 is 46.3 Å². The second-order valence-corrected chi connectivity index (χ2v) is 14.4. The van der Waals surface area contributed by atoms with E-state index in [1.165, 1.54) is 13.0 Å². The minimum atomic E-state index is -1.69. The van der Waals surface area contributed by atoms with Crippen LogP contribution in [-0.2, 0) is 51.1 Å². The van der Waals surface area contributed by atoms with Gasteiger partial charge >= 0.3 is 23.6 Å². The van der Waals surface area contributed by atoms with Crippen LogP contribution in [0.1, 0.15) is 65.2 Å². The highest BCUT2D eigenvalue weighted by molar-refractivity contribution is 5.99. The number of hydrogen-bond acceptors (Lipinski definition) is 12. The van der Waals surface area contributed by atoms with Gasteiger partial charge in [-0.05, 0) is 61.1 Å². The predicted molar refractivity (Wildman–Crippen MR) is 219 cm³/mol. The Kier molecular flexibility index (Phi) is 16.4. The van der Waals surface area contributed by atoms with Crippen molar-refractivity contribution in [3.63, 3.8) is 0 Å². The lowest BCUT2D eigenvalue weighted by Gasteiger charge is -2.26. The first-order valence-electron chi connectivity index (χ1n) is 19.3. The number of aliphatic carboxylic acids is 2. The van der Waals surface area contributed by atoms with E-state index < -0.39 is 120 Å². The minimum Gasteiger partial charge on any atom is -0.502 e. The summed E-state index contributed by atoms with van der Waals surface area (Å²) in [5, 5.41) is 50.5. The zero-order valence-corrected chi connectivity index (χ0v) is 33.9. The predicted octanol–water partition coefficient (Wildman–Crippen LogP) is 2.30. The molecule has 0 saturated heterocycles. The molecule has 0 radical (unpaired) electrons. The first kappa shape index (κ1) is 47.0. The molecule has 1 heterocycles. The van der Waals surface area contributed by atoms with Gasteiger partial charge in [-0.25, -0.2) is 4.79 Å². The second kappa shape index (κ2) is 21.6. The number of carbonyl (C=O) groups is 8. The van der Waals surface area contributed by atoms with E-state index in [9.17, 15) is 63.8 Å². The molecular weight excluding hydrogens is 812 g/mol. The van der Waals surface area contributed by atoms with Crippen LogP contribution in [-0.4, -0.2) is 103 Å². The summed E-state index contributed by atoms with van der Waals surface area (Å²) in [5.74, 6) is -8.98. The number of nitrogens with one attached hydrogen (secondary N) is 5. The molecule has 20 nitrogen and oxygen atoms in total. The summed E-state index contributed by atoms with van der Waals surface area (Å²) in [4.78, 5) is 117. The lowest BCUT2D eigenvalue weighted by Crippen LogP contribution is -2.58. The van der Waals surface area contributed by atoms with Crippen LogP contribution in [0.5, 0.6) is 5.75 Å². The highest BCUT2D eigenvalue weighted by Crippen LogP contribution is 2.26. The number of carboxylic acids is 2. The number of Topliss-reactive ketones (excluding diaryl/α,β-unsaturated/α-hetero) is 1. The molecular formula is C42H46N6O14. The number of amides is 4. The van der Waals surface area contributed by atoms with Crippen molar-refractivity contribution in [3.8, 4) is 5.75 Å². The van der Waals surface area contributed by atoms with Crippen LogP contribution in [0.25, 0.3) is 10.9 Å². The number of aromatic hydroxyl groups is 1. The number of hydrogen-bond donors (Lipinski definition) is 8. The molecule has 0 unspecified atom stereocenters. The summed E-state index contributed by atoms with van der Waals surface area (Å²) in [7, 11) is 0. The molecule has 0 aliphatic heterocycles. The van der Waals surface area contributed by atoms with Gasteiger partial charge in [0.2, 0.25) is 23.6 Å². The number of para-hydroxylation sites is 1. The zero-order valence-electron chi connectivity index (χ0n) is 33.9. The van der Waals surface area contributed by atoms with E-state index in [-0.39, 0.29) is 24.0 Å². The number of benzene rings is 3. The van der Waals surface area contributed by atoms with E-state index in [2.05, 4.69) is 26.3 Å². The van der Waals surface area contributed by atoms with Gasteiger partial charge in [0.15, 0.2) is 18.1 Å². The highest BCUT2D eigenvalue weighted by atomic mass is 16.6. The number of fused-ring (bicyclic) bond motifs is 1. The number of esters is 1. The van der Waals surface area contributed by atoms with Crippen LogP contribution in [0, 0.1) is 24.0 Å². The number of nitrogens with zero attached hydrogens (tertiary/aromatic N) is 1. The Morgan fingerprint density at radius 3 is 2.06 bits per heavy atom.